The van der Waals surface area contributed by atoms with Crippen molar-refractivity contribution < 1.29 is 4.79 Å². The molecule has 1 amide bonds. The van der Waals surface area contributed by atoms with Crippen LogP contribution < -0.4 is 15.5 Å². The standard InChI is InChI=1S/C26H41N9OS/c1-2-33-15-17-34(18-16-33)23(20-9-6-4-3-5-7-10-20)24(36)29-26-32-31-25(37-26)28-21-12-14-35(19-21)22-11-8-13-27-30-22/h8,11,13,20-21,23H,2-7,9-10,12,14-19H2,1H3,(H,28,31)(H,29,32,36)/t21-,23-/m1/s1. The third-order valence-electron chi connectivity index (χ3n) is 8.17. The van der Waals surface area contributed by atoms with Crippen LogP contribution in [0.4, 0.5) is 16.1 Å². The van der Waals surface area contributed by atoms with Gasteiger partial charge < -0.3 is 15.1 Å². The van der Waals surface area contributed by atoms with Crippen LogP contribution in [0.2, 0.25) is 0 Å². The first-order valence-corrected chi connectivity index (χ1v) is 14.9. The number of carbonyl (C=O) groups is 1. The highest BCUT2D eigenvalue weighted by atomic mass is 32.1. The fraction of sp³-hybridized carbons (Fsp3) is 0.731. The van der Waals surface area contributed by atoms with E-state index in [1.165, 1.54) is 43.4 Å². The van der Waals surface area contributed by atoms with Gasteiger partial charge in [-0.2, -0.15) is 5.10 Å². The Morgan fingerprint density at radius 3 is 2.49 bits per heavy atom. The molecule has 2 aromatic rings. The SMILES string of the molecule is CCN1CCN([C@@H](C(=O)Nc2nnc(N[C@@H]3CCN(c4cccnn4)C3)s2)C2CCCCCCC2)CC1. The number of carbonyl (C=O) groups excluding carboxylic acids is 1. The molecular formula is C26H41N9OS. The number of anilines is 3. The van der Waals surface area contributed by atoms with Crippen LogP contribution in [0.15, 0.2) is 18.3 Å². The molecule has 0 aromatic carbocycles. The third-order valence-corrected chi connectivity index (χ3v) is 8.94. The number of hydrogen-bond donors (Lipinski definition) is 2. The molecule has 11 heteroatoms. The van der Waals surface area contributed by atoms with E-state index < -0.39 is 0 Å². The third kappa shape index (κ3) is 6.94. The van der Waals surface area contributed by atoms with Crippen molar-refractivity contribution in [3.05, 3.63) is 18.3 Å². The first kappa shape index (κ1) is 26.2. The lowest BCUT2D eigenvalue weighted by Gasteiger charge is -2.41. The molecule has 1 saturated carbocycles. The summed E-state index contributed by atoms with van der Waals surface area (Å²) in [6.45, 7) is 9.03. The van der Waals surface area contributed by atoms with Gasteiger partial charge in [-0.25, -0.2) is 0 Å². The summed E-state index contributed by atoms with van der Waals surface area (Å²) < 4.78 is 0. The van der Waals surface area contributed by atoms with Crippen LogP contribution in [0.25, 0.3) is 0 Å². The molecule has 0 radical (unpaired) electrons. The summed E-state index contributed by atoms with van der Waals surface area (Å²) in [4.78, 5) is 20.9. The van der Waals surface area contributed by atoms with Crippen LogP contribution in [-0.2, 0) is 4.79 Å². The highest BCUT2D eigenvalue weighted by molar-refractivity contribution is 7.19. The molecule has 3 fully saturated rings. The topological polar surface area (TPSA) is 102 Å². The van der Waals surface area contributed by atoms with E-state index in [4.69, 9.17) is 0 Å². The highest BCUT2D eigenvalue weighted by Gasteiger charge is 2.35. The van der Waals surface area contributed by atoms with Crippen LogP contribution in [-0.4, -0.2) is 94.0 Å². The summed E-state index contributed by atoms with van der Waals surface area (Å²) in [5, 5.41) is 24.9. The Morgan fingerprint density at radius 2 is 1.76 bits per heavy atom. The van der Waals surface area contributed by atoms with E-state index >= 15 is 0 Å². The molecule has 1 aliphatic carbocycles. The highest BCUT2D eigenvalue weighted by Crippen LogP contribution is 2.30. The average Bonchev–Trinajstić information content (AvgIpc) is 3.56. The van der Waals surface area contributed by atoms with Crippen molar-refractivity contribution in [3.63, 3.8) is 0 Å². The van der Waals surface area contributed by atoms with Crippen molar-refractivity contribution in [1.29, 1.82) is 0 Å². The molecule has 5 rings (SSSR count). The minimum Gasteiger partial charge on any atom is -0.355 e. The molecular weight excluding hydrogens is 486 g/mol. The summed E-state index contributed by atoms with van der Waals surface area (Å²) >= 11 is 1.43. The molecule has 202 valence electrons. The Bertz CT molecular complexity index is 973. The van der Waals surface area contributed by atoms with Crippen molar-refractivity contribution in [1.82, 2.24) is 30.2 Å². The number of aromatic nitrogens is 4. The molecule has 2 aliphatic heterocycles. The second-order valence-electron chi connectivity index (χ2n) is 10.6. The first-order valence-electron chi connectivity index (χ1n) is 14.1. The number of hydrogen-bond acceptors (Lipinski definition) is 10. The number of likely N-dealkylation sites (N-methyl/N-ethyl adjacent to an activating group) is 1. The molecule has 4 heterocycles. The second kappa shape index (κ2) is 12.9. The lowest BCUT2D eigenvalue weighted by Crippen LogP contribution is -2.56. The molecule has 0 unspecified atom stereocenters. The molecule has 2 N–H and O–H groups in total. The summed E-state index contributed by atoms with van der Waals surface area (Å²) in [5.41, 5.74) is 0. The number of rotatable bonds is 8. The van der Waals surface area contributed by atoms with E-state index in [0.717, 1.165) is 76.0 Å². The summed E-state index contributed by atoms with van der Waals surface area (Å²) in [7, 11) is 0. The van der Waals surface area contributed by atoms with Gasteiger partial charge in [-0.3, -0.25) is 15.0 Å². The maximum atomic E-state index is 13.7. The van der Waals surface area contributed by atoms with E-state index in [9.17, 15) is 4.79 Å². The van der Waals surface area contributed by atoms with Crippen LogP contribution in [0, 0.1) is 5.92 Å². The van der Waals surface area contributed by atoms with Gasteiger partial charge >= 0.3 is 0 Å². The van der Waals surface area contributed by atoms with Gasteiger partial charge in [-0.15, -0.1) is 15.3 Å². The normalized spacial score (nSPS) is 23.4. The van der Waals surface area contributed by atoms with Crippen molar-refractivity contribution in [2.75, 3.05) is 61.3 Å². The molecule has 2 atom stereocenters. The van der Waals surface area contributed by atoms with Gasteiger partial charge in [0.25, 0.3) is 0 Å². The number of nitrogens with one attached hydrogen (secondary N) is 2. The van der Waals surface area contributed by atoms with Crippen molar-refractivity contribution in [2.45, 2.75) is 70.4 Å². The van der Waals surface area contributed by atoms with Gasteiger partial charge in [0, 0.05) is 51.5 Å². The summed E-state index contributed by atoms with van der Waals surface area (Å²) in [6.07, 6.45) is 11.3. The second-order valence-corrected chi connectivity index (χ2v) is 11.6. The predicted molar refractivity (Wildman–Crippen MR) is 148 cm³/mol. The zero-order valence-corrected chi connectivity index (χ0v) is 22.8. The Morgan fingerprint density at radius 1 is 1.00 bits per heavy atom. The van der Waals surface area contributed by atoms with E-state index in [-0.39, 0.29) is 18.0 Å². The lowest BCUT2D eigenvalue weighted by molar-refractivity contribution is -0.124. The fourth-order valence-electron chi connectivity index (χ4n) is 6.07. The number of piperazine rings is 1. The molecule has 0 bridgehead atoms. The van der Waals surface area contributed by atoms with Crippen LogP contribution in [0.3, 0.4) is 0 Å². The monoisotopic (exact) mass is 527 g/mol. The largest absolute Gasteiger partial charge is 0.355 e. The van der Waals surface area contributed by atoms with Gasteiger partial charge in [0.05, 0.1) is 6.04 Å². The Hall–Kier alpha value is -2.37. The predicted octanol–water partition coefficient (Wildman–Crippen LogP) is 3.32. The zero-order valence-electron chi connectivity index (χ0n) is 22.0. The average molecular weight is 528 g/mol. The number of nitrogens with zero attached hydrogens (tertiary/aromatic N) is 7. The Balaban J connectivity index is 1.20. The molecule has 0 spiro atoms. The smallest absolute Gasteiger partial charge is 0.243 e. The lowest BCUT2D eigenvalue weighted by atomic mass is 9.84. The number of amides is 1. The van der Waals surface area contributed by atoms with Crippen LogP contribution in [0.5, 0.6) is 0 Å². The zero-order chi connectivity index (χ0) is 25.5. The molecule has 2 saturated heterocycles. The minimum absolute atomic E-state index is 0.0900. The molecule has 10 nitrogen and oxygen atoms in total. The van der Waals surface area contributed by atoms with Crippen molar-refractivity contribution in [2.24, 2.45) is 5.92 Å². The summed E-state index contributed by atoms with van der Waals surface area (Å²) in [6, 6.07) is 4.07. The van der Waals surface area contributed by atoms with Crippen molar-refractivity contribution in [3.8, 4) is 0 Å². The van der Waals surface area contributed by atoms with Gasteiger partial charge in [0.15, 0.2) is 5.82 Å². The van der Waals surface area contributed by atoms with Gasteiger partial charge in [0.1, 0.15) is 0 Å². The molecule has 3 aliphatic rings. The Labute approximate surface area is 224 Å². The molecule has 2 aromatic heterocycles. The van der Waals surface area contributed by atoms with E-state index in [1.54, 1.807) is 6.20 Å². The summed E-state index contributed by atoms with van der Waals surface area (Å²) in [5.74, 6) is 1.40. The quantitative estimate of drug-likeness (QED) is 0.535. The van der Waals surface area contributed by atoms with Gasteiger partial charge in [-0.1, -0.05) is 50.4 Å². The van der Waals surface area contributed by atoms with E-state index in [1.807, 2.05) is 12.1 Å². The fourth-order valence-corrected chi connectivity index (χ4v) is 6.80. The molecule has 37 heavy (non-hydrogen) atoms. The first-order chi connectivity index (χ1) is 18.2. The maximum Gasteiger partial charge on any atom is 0.243 e. The minimum atomic E-state index is -0.0900. The van der Waals surface area contributed by atoms with E-state index in [0.29, 0.717) is 11.0 Å². The van der Waals surface area contributed by atoms with Crippen LogP contribution in [0.1, 0.15) is 58.3 Å². The maximum absolute atomic E-state index is 13.7. The van der Waals surface area contributed by atoms with Gasteiger partial charge in [0.2, 0.25) is 16.2 Å². The Kier molecular flexibility index (Phi) is 9.17. The van der Waals surface area contributed by atoms with Gasteiger partial charge in [-0.05, 0) is 43.9 Å². The van der Waals surface area contributed by atoms with E-state index in [2.05, 4.69) is 52.7 Å². The van der Waals surface area contributed by atoms with Crippen molar-refractivity contribution >= 4 is 33.3 Å². The van der Waals surface area contributed by atoms with Crippen LogP contribution >= 0.6 is 11.3 Å².